The number of aromatic nitrogens is 4. The van der Waals surface area contributed by atoms with Crippen molar-refractivity contribution in [2.24, 2.45) is 0 Å². The van der Waals surface area contributed by atoms with Crippen LogP contribution < -0.4 is 16.2 Å². The molecule has 1 amide bonds. The Hall–Kier alpha value is -5.21. The van der Waals surface area contributed by atoms with E-state index in [0.29, 0.717) is 17.0 Å². The molecule has 0 aliphatic heterocycles. The van der Waals surface area contributed by atoms with Gasteiger partial charge in [0.2, 0.25) is 5.91 Å². The van der Waals surface area contributed by atoms with E-state index in [0.717, 1.165) is 15.5 Å². The van der Waals surface area contributed by atoms with Crippen molar-refractivity contribution in [3.8, 4) is 11.3 Å². The number of nitrogens with one attached hydrogen (secondary N) is 3. The van der Waals surface area contributed by atoms with Gasteiger partial charge >= 0.3 is 18.1 Å². The van der Waals surface area contributed by atoms with Crippen LogP contribution in [0.1, 0.15) is 5.69 Å². The summed E-state index contributed by atoms with van der Waals surface area (Å²) < 4.78 is 37.6. The molecule has 0 atom stereocenters. The summed E-state index contributed by atoms with van der Waals surface area (Å²) in [6.07, 6.45) is -0.776. The number of alkyl halides is 3. The summed E-state index contributed by atoms with van der Waals surface area (Å²) in [5.74, 6) is -5.07. The Morgan fingerprint density at radius 2 is 1.82 bits per heavy atom. The molecule has 0 saturated carbocycles. The summed E-state index contributed by atoms with van der Waals surface area (Å²) in [6, 6.07) is 12.2. The highest BCUT2D eigenvalue weighted by Gasteiger charge is 2.43. The molecule has 202 valence electrons. The molecule has 1 aromatic carbocycles. The summed E-state index contributed by atoms with van der Waals surface area (Å²) in [7, 11) is 0. The maximum absolute atomic E-state index is 13.2. The summed E-state index contributed by atoms with van der Waals surface area (Å²) in [5, 5.41) is 5.89. The molecule has 0 saturated heterocycles. The second kappa shape index (κ2) is 11.5. The fraction of sp³-hybridized carbons (Fsp3) is 0.167. The third-order valence-corrected chi connectivity index (χ3v) is 5.22. The fourth-order valence-corrected chi connectivity index (χ4v) is 3.44. The van der Waals surface area contributed by atoms with Gasteiger partial charge in [0.15, 0.2) is 5.82 Å². The maximum atomic E-state index is 13.2. The molecule has 0 fully saturated rings. The molecule has 4 aromatic rings. The molecule has 4 rings (SSSR count). The summed E-state index contributed by atoms with van der Waals surface area (Å²) in [4.78, 5) is 66.6. The number of hydrogen-bond donors (Lipinski definition) is 3. The summed E-state index contributed by atoms with van der Waals surface area (Å²) in [5.41, 5.74) is 1.61. The Bertz CT molecular complexity index is 1540. The average Bonchev–Trinajstić information content (AvgIpc) is 3.34. The van der Waals surface area contributed by atoms with Crippen molar-refractivity contribution in [1.82, 2.24) is 24.8 Å². The number of aromatic amines is 1. The van der Waals surface area contributed by atoms with Gasteiger partial charge in [-0.25, -0.2) is 24.3 Å². The lowest BCUT2D eigenvalue weighted by Crippen LogP contribution is -2.35. The number of rotatable bonds is 8. The van der Waals surface area contributed by atoms with E-state index in [9.17, 15) is 32.3 Å². The minimum Gasteiger partial charge on any atom is -0.357 e. The molecule has 0 bridgehead atoms. The number of nitrogens with zero attached hydrogens (tertiary/aromatic N) is 3. The van der Waals surface area contributed by atoms with Gasteiger partial charge in [0.05, 0.1) is 18.4 Å². The third-order valence-electron chi connectivity index (χ3n) is 5.22. The second-order valence-electron chi connectivity index (χ2n) is 7.96. The van der Waals surface area contributed by atoms with Crippen molar-refractivity contribution >= 4 is 34.6 Å². The average molecular weight is 544 g/mol. The number of amides is 1. The molecule has 12 nitrogen and oxygen atoms in total. The van der Waals surface area contributed by atoms with Gasteiger partial charge in [-0.2, -0.15) is 13.2 Å². The van der Waals surface area contributed by atoms with E-state index in [1.165, 1.54) is 6.20 Å². The molecule has 3 heterocycles. The van der Waals surface area contributed by atoms with Gasteiger partial charge in [-0.15, -0.1) is 0 Å². The zero-order valence-electron chi connectivity index (χ0n) is 19.8. The Morgan fingerprint density at radius 1 is 1.05 bits per heavy atom. The molecule has 0 spiro atoms. The van der Waals surface area contributed by atoms with Gasteiger partial charge in [-0.1, -0.05) is 30.3 Å². The SMILES string of the molecule is O=C(Cn1c(-c2ccccc2)cnc(NCC(=O)OOC(=O)C(F)(F)F)c1=O)NCc1cc2cnccc2[nH]1. The van der Waals surface area contributed by atoms with E-state index in [2.05, 4.69) is 35.4 Å². The topological polar surface area (TPSA) is 157 Å². The number of anilines is 1. The molecule has 39 heavy (non-hydrogen) atoms. The minimum absolute atomic E-state index is 0.140. The first kappa shape index (κ1) is 26.8. The Balaban J connectivity index is 1.47. The largest absolute Gasteiger partial charge is 0.495 e. The van der Waals surface area contributed by atoms with Gasteiger partial charge in [0.1, 0.15) is 13.1 Å². The molecule has 3 aromatic heterocycles. The Morgan fingerprint density at radius 3 is 2.54 bits per heavy atom. The van der Waals surface area contributed by atoms with Gasteiger partial charge < -0.3 is 15.6 Å². The number of halogens is 3. The van der Waals surface area contributed by atoms with Crippen molar-refractivity contribution in [3.63, 3.8) is 0 Å². The van der Waals surface area contributed by atoms with Crippen LogP contribution in [0.15, 0.2) is 65.8 Å². The van der Waals surface area contributed by atoms with Crippen molar-refractivity contribution in [2.45, 2.75) is 19.3 Å². The van der Waals surface area contributed by atoms with Crippen LogP contribution in [0.25, 0.3) is 22.2 Å². The first-order valence-electron chi connectivity index (χ1n) is 11.2. The van der Waals surface area contributed by atoms with Crippen LogP contribution in [0.3, 0.4) is 0 Å². The van der Waals surface area contributed by atoms with Crippen molar-refractivity contribution in [1.29, 1.82) is 0 Å². The number of fused-ring (bicyclic) bond motifs is 1. The number of hydrogen-bond acceptors (Lipinski definition) is 9. The van der Waals surface area contributed by atoms with Crippen LogP contribution in [-0.2, 0) is 37.2 Å². The van der Waals surface area contributed by atoms with E-state index in [1.54, 1.807) is 48.8 Å². The third kappa shape index (κ3) is 6.76. The van der Waals surface area contributed by atoms with E-state index in [-0.39, 0.29) is 6.54 Å². The van der Waals surface area contributed by atoms with Crippen LogP contribution in [0.2, 0.25) is 0 Å². The summed E-state index contributed by atoms with van der Waals surface area (Å²) >= 11 is 0. The van der Waals surface area contributed by atoms with E-state index in [1.807, 2.05) is 6.07 Å². The summed E-state index contributed by atoms with van der Waals surface area (Å²) in [6.45, 7) is -1.14. The van der Waals surface area contributed by atoms with E-state index in [4.69, 9.17) is 0 Å². The van der Waals surface area contributed by atoms with Gasteiger partial charge in [0, 0.05) is 29.0 Å². The Kier molecular flexibility index (Phi) is 7.88. The van der Waals surface area contributed by atoms with E-state index < -0.39 is 48.5 Å². The zero-order valence-corrected chi connectivity index (χ0v) is 19.8. The molecule has 3 N–H and O–H groups in total. The lowest BCUT2D eigenvalue weighted by molar-refractivity contribution is -0.284. The number of carbonyl (C=O) groups excluding carboxylic acids is 3. The van der Waals surface area contributed by atoms with Crippen molar-refractivity contribution < 1.29 is 37.3 Å². The highest BCUT2D eigenvalue weighted by molar-refractivity contribution is 5.80. The van der Waals surface area contributed by atoms with Gasteiger partial charge in [0.25, 0.3) is 5.56 Å². The number of H-pyrrole nitrogens is 1. The minimum atomic E-state index is -5.36. The number of carbonyl (C=O) groups is 3. The molecular formula is C24H19F3N6O6. The van der Waals surface area contributed by atoms with Crippen LogP contribution in [0, 0.1) is 0 Å². The maximum Gasteiger partial charge on any atom is 0.495 e. The van der Waals surface area contributed by atoms with Crippen LogP contribution in [-0.4, -0.2) is 50.1 Å². The van der Waals surface area contributed by atoms with Crippen LogP contribution >= 0.6 is 0 Å². The normalized spacial score (nSPS) is 11.2. The molecule has 0 radical (unpaired) electrons. The van der Waals surface area contributed by atoms with Crippen molar-refractivity contribution in [3.05, 3.63) is 77.1 Å². The predicted octanol–water partition coefficient (Wildman–Crippen LogP) is 2.08. The Labute approximate surface area is 216 Å². The highest BCUT2D eigenvalue weighted by atomic mass is 19.4. The molecule has 15 heteroatoms. The monoisotopic (exact) mass is 544 g/mol. The quantitative estimate of drug-likeness (QED) is 0.223. The van der Waals surface area contributed by atoms with Crippen LogP contribution in [0.4, 0.5) is 19.0 Å². The first-order valence-corrected chi connectivity index (χ1v) is 11.2. The highest BCUT2D eigenvalue weighted by Crippen LogP contribution is 2.18. The predicted molar refractivity (Wildman–Crippen MR) is 129 cm³/mol. The van der Waals surface area contributed by atoms with Crippen LogP contribution in [0.5, 0.6) is 0 Å². The van der Waals surface area contributed by atoms with Crippen molar-refractivity contribution in [2.75, 3.05) is 11.9 Å². The van der Waals surface area contributed by atoms with Gasteiger partial charge in [-0.3, -0.25) is 19.1 Å². The molecule has 0 aliphatic rings. The smallest absolute Gasteiger partial charge is 0.357 e. The number of pyridine rings is 1. The second-order valence-corrected chi connectivity index (χ2v) is 7.96. The lowest BCUT2D eigenvalue weighted by atomic mass is 10.1. The van der Waals surface area contributed by atoms with E-state index >= 15 is 0 Å². The first-order chi connectivity index (χ1) is 18.6. The standard InChI is InChI=1S/C24H19F3N6O6/c25-24(26,27)23(37)39-38-20(35)12-31-21-22(36)33(18(11-30-21)14-4-2-1-3-5-14)13-19(34)29-10-16-8-15-9-28-7-6-17(15)32-16/h1-9,11,32H,10,12-13H2,(H,29,34)(H,30,31). The van der Waals surface area contributed by atoms with Gasteiger partial charge in [-0.05, 0) is 17.7 Å². The zero-order chi connectivity index (χ0) is 28.0. The molecule has 0 unspecified atom stereocenters. The number of benzene rings is 1. The lowest BCUT2D eigenvalue weighted by Gasteiger charge is -2.15. The molecule has 0 aliphatic carbocycles. The molecular weight excluding hydrogens is 525 g/mol. The fourth-order valence-electron chi connectivity index (χ4n) is 3.44.